The van der Waals surface area contributed by atoms with Gasteiger partial charge in [0.2, 0.25) is 0 Å². The van der Waals surface area contributed by atoms with E-state index in [1.807, 2.05) is 12.1 Å². The molecule has 1 unspecified atom stereocenters. The van der Waals surface area contributed by atoms with Crippen molar-refractivity contribution in [1.82, 2.24) is 10.3 Å². The van der Waals surface area contributed by atoms with E-state index in [-0.39, 0.29) is 6.04 Å². The van der Waals surface area contributed by atoms with Crippen molar-refractivity contribution in [1.29, 1.82) is 0 Å². The second-order valence-corrected chi connectivity index (χ2v) is 5.24. The fourth-order valence-corrected chi connectivity index (χ4v) is 2.85. The Morgan fingerprint density at radius 2 is 1.70 bits per heavy atom. The Hall–Kier alpha value is -2.35. The summed E-state index contributed by atoms with van der Waals surface area (Å²) in [5.41, 5.74) is 4.61. The molecule has 2 heteroatoms. The molecule has 1 atom stereocenters. The van der Waals surface area contributed by atoms with Gasteiger partial charge in [-0.05, 0) is 36.6 Å². The number of benzene rings is 2. The van der Waals surface area contributed by atoms with Gasteiger partial charge in [-0.3, -0.25) is 10.3 Å². The third-order valence-electron chi connectivity index (χ3n) is 3.94. The predicted octanol–water partition coefficient (Wildman–Crippen LogP) is 4.16. The maximum Gasteiger partial charge on any atom is 0.0930 e. The molecular weight excluding hydrogens is 244 g/mol. The molecule has 0 saturated heterocycles. The van der Waals surface area contributed by atoms with Crippen LogP contribution >= 0.6 is 0 Å². The first-order valence-electron chi connectivity index (χ1n) is 7.04. The number of hydrogen-bond acceptors (Lipinski definition) is 1. The SMILES string of the molecule is c1ccc2c(c1)CCC(c1ccc3ccccc3n1)[N]2. The lowest BCUT2D eigenvalue weighted by atomic mass is 9.96. The second-order valence-electron chi connectivity index (χ2n) is 5.24. The lowest BCUT2D eigenvalue weighted by molar-refractivity contribution is 0.528. The summed E-state index contributed by atoms with van der Waals surface area (Å²) in [7, 11) is 0. The van der Waals surface area contributed by atoms with Crippen LogP contribution in [0.15, 0.2) is 60.7 Å². The number of pyridine rings is 1. The van der Waals surface area contributed by atoms with Gasteiger partial charge in [-0.1, -0.05) is 42.5 Å². The summed E-state index contributed by atoms with van der Waals surface area (Å²) in [6.45, 7) is 0. The first-order chi connectivity index (χ1) is 9.90. The monoisotopic (exact) mass is 259 g/mol. The highest BCUT2D eigenvalue weighted by Crippen LogP contribution is 2.32. The van der Waals surface area contributed by atoms with Gasteiger partial charge >= 0.3 is 0 Å². The van der Waals surface area contributed by atoms with E-state index < -0.39 is 0 Å². The lowest BCUT2D eigenvalue weighted by Crippen LogP contribution is -2.18. The van der Waals surface area contributed by atoms with Crippen molar-refractivity contribution < 1.29 is 0 Å². The Kier molecular flexibility index (Phi) is 2.66. The molecule has 0 spiro atoms. The predicted molar refractivity (Wildman–Crippen MR) is 81.0 cm³/mol. The summed E-state index contributed by atoms with van der Waals surface area (Å²) < 4.78 is 0. The van der Waals surface area contributed by atoms with Crippen LogP contribution in [0.25, 0.3) is 10.9 Å². The number of hydrogen-bond donors (Lipinski definition) is 0. The van der Waals surface area contributed by atoms with E-state index in [0.29, 0.717) is 0 Å². The fourth-order valence-electron chi connectivity index (χ4n) is 2.85. The number of aromatic nitrogens is 1. The molecule has 2 nitrogen and oxygen atoms in total. The number of para-hydroxylation sites is 2. The Morgan fingerprint density at radius 1 is 0.850 bits per heavy atom. The Balaban J connectivity index is 1.70. The Bertz CT molecular complexity index is 764. The summed E-state index contributed by atoms with van der Waals surface area (Å²) in [6, 6.07) is 21.1. The standard InChI is InChI=1S/C18H15N2/c1-3-7-15-13(5-1)9-11-17(19-15)18-12-10-14-6-2-4-8-16(14)20-18/h1-9,11,18H,10,12H2. The van der Waals surface area contributed by atoms with Crippen LogP contribution < -0.4 is 5.32 Å². The second kappa shape index (κ2) is 4.64. The molecule has 0 saturated carbocycles. The molecule has 1 aliphatic rings. The highest BCUT2D eigenvalue weighted by molar-refractivity contribution is 5.78. The van der Waals surface area contributed by atoms with Crippen molar-refractivity contribution in [2.45, 2.75) is 18.9 Å². The number of aryl methyl sites for hydroxylation is 1. The van der Waals surface area contributed by atoms with Gasteiger partial charge in [0.15, 0.2) is 0 Å². The zero-order valence-corrected chi connectivity index (χ0v) is 11.2. The van der Waals surface area contributed by atoms with E-state index in [4.69, 9.17) is 10.3 Å². The van der Waals surface area contributed by atoms with Crippen LogP contribution in [0.3, 0.4) is 0 Å². The summed E-state index contributed by atoms with van der Waals surface area (Å²) in [5, 5.41) is 6.05. The van der Waals surface area contributed by atoms with E-state index in [9.17, 15) is 0 Å². The molecule has 1 radical (unpaired) electrons. The number of rotatable bonds is 1. The van der Waals surface area contributed by atoms with Gasteiger partial charge in [0.25, 0.3) is 0 Å². The molecule has 1 aliphatic heterocycles. The fraction of sp³-hybridized carbons (Fsp3) is 0.167. The molecule has 2 aromatic carbocycles. The number of nitrogens with zero attached hydrogens (tertiary/aromatic N) is 2. The molecule has 0 fully saturated rings. The van der Waals surface area contributed by atoms with Crippen LogP contribution in [0, 0.1) is 0 Å². The molecule has 20 heavy (non-hydrogen) atoms. The van der Waals surface area contributed by atoms with Crippen molar-refractivity contribution in [2.75, 3.05) is 0 Å². The van der Waals surface area contributed by atoms with Crippen molar-refractivity contribution in [3.63, 3.8) is 0 Å². The Labute approximate surface area is 118 Å². The molecule has 1 aromatic heterocycles. The van der Waals surface area contributed by atoms with Crippen LogP contribution in [0.4, 0.5) is 5.69 Å². The van der Waals surface area contributed by atoms with E-state index in [1.165, 1.54) is 10.9 Å². The smallest absolute Gasteiger partial charge is 0.0930 e. The molecule has 4 rings (SSSR count). The van der Waals surface area contributed by atoms with Crippen molar-refractivity contribution >= 4 is 16.6 Å². The molecular formula is C18H15N2. The normalized spacial score (nSPS) is 17.5. The van der Waals surface area contributed by atoms with E-state index in [0.717, 1.165) is 29.7 Å². The summed E-state index contributed by atoms with van der Waals surface area (Å²) in [4.78, 5) is 4.78. The molecule has 97 valence electrons. The van der Waals surface area contributed by atoms with E-state index >= 15 is 0 Å². The third-order valence-corrected chi connectivity index (χ3v) is 3.94. The quantitative estimate of drug-likeness (QED) is 0.644. The van der Waals surface area contributed by atoms with Crippen LogP contribution in [-0.2, 0) is 6.42 Å². The van der Waals surface area contributed by atoms with Gasteiger partial charge < -0.3 is 0 Å². The minimum Gasteiger partial charge on any atom is -0.275 e. The average molecular weight is 259 g/mol. The molecule has 3 aromatic rings. The van der Waals surface area contributed by atoms with Crippen LogP contribution in [0.5, 0.6) is 0 Å². The summed E-state index contributed by atoms with van der Waals surface area (Å²) >= 11 is 0. The first kappa shape index (κ1) is 11.5. The highest BCUT2D eigenvalue weighted by atomic mass is 15.0. The van der Waals surface area contributed by atoms with E-state index in [1.54, 1.807) is 0 Å². The molecule has 2 heterocycles. The minimum absolute atomic E-state index is 0.189. The molecule has 0 bridgehead atoms. The van der Waals surface area contributed by atoms with Gasteiger partial charge in [-0.2, -0.15) is 0 Å². The molecule has 0 aliphatic carbocycles. The van der Waals surface area contributed by atoms with Crippen molar-refractivity contribution in [2.24, 2.45) is 0 Å². The average Bonchev–Trinajstić information content (AvgIpc) is 2.54. The number of fused-ring (bicyclic) bond motifs is 2. The summed E-state index contributed by atoms with van der Waals surface area (Å²) in [5.74, 6) is 0. The van der Waals surface area contributed by atoms with E-state index in [2.05, 4.69) is 48.5 Å². The maximum atomic E-state index is 4.86. The van der Waals surface area contributed by atoms with Gasteiger partial charge in [0.05, 0.1) is 22.9 Å². The van der Waals surface area contributed by atoms with Crippen LogP contribution in [0.1, 0.15) is 23.7 Å². The molecule has 0 N–H and O–H groups in total. The summed E-state index contributed by atoms with van der Waals surface area (Å²) in [6.07, 6.45) is 2.13. The minimum atomic E-state index is 0.189. The van der Waals surface area contributed by atoms with Gasteiger partial charge in [-0.25, -0.2) is 0 Å². The van der Waals surface area contributed by atoms with Crippen molar-refractivity contribution in [3.05, 3.63) is 71.9 Å². The zero-order chi connectivity index (χ0) is 13.4. The van der Waals surface area contributed by atoms with Gasteiger partial charge in [-0.15, -0.1) is 0 Å². The van der Waals surface area contributed by atoms with Crippen molar-refractivity contribution in [3.8, 4) is 0 Å². The van der Waals surface area contributed by atoms with Crippen LogP contribution in [0.2, 0.25) is 0 Å². The third kappa shape index (κ3) is 1.94. The largest absolute Gasteiger partial charge is 0.275 e. The first-order valence-corrected chi connectivity index (χ1v) is 7.04. The Morgan fingerprint density at radius 3 is 2.70 bits per heavy atom. The van der Waals surface area contributed by atoms with Crippen LogP contribution in [-0.4, -0.2) is 4.98 Å². The highest BCUT2D eigenvalue weighted by Gasteiger charge is 2.21. The van der Waals surface area contributed by atoms with Gasteiger partial charge in [0, 0.05) is 5.39 Å². The lowest BCUT2D eigenvalue weighted by Gasteiger charge is -2.24. The zero-order valence-electron chi connectivity index (χ0n) is 11.2. The maximum absolute atomic E-state index is 4.86. The molecule has 0 amide bonds. The topological polar surface area (TPSA) is 27.0 Å². The van der Waals surface area contributed by atoms with Gasteiger partial charge in [0.1, 0.15) is 0 Å².